The molecule has 0 saturated heterocycles. The molecule has 0 aromatic heterocycles. The maximum atomic E-state index is 6.49. The number of halogens is 2. The van der Waals surface area contributed by atoms with Crippen molar-refractivity contribution in [2.45, 2.75) is 20.3 Å². The minimum absolute atomic E-state index is 0.670. The Morgan fingerprint density at radius 2 is 1.50 bits per heavy atom. The van der Waals surface area contributed by atoms with Gasteiger partial charge in [-0.15, -0.1) is 0 Å². The minimum Gasteiger partial charge on any atom is -0.354 e. The van der Waals surface area contributed by atoms with Crippen LogP contribution in [0.4, 0.5) is 11.4 Å². The summed E-state index contributed by atoms with van der Waals surface area (Å²) < 4.78 is 0. The quantitative estimate of drug-likeness (QED) is 0.534. The highest BCUT2D eigenvalue weighted by Crippen LogP contribution is 2.32. The Bertz CT molecular complexity index is 798. The second kappa shape index (κ2) is 7.29. The van der Waals surface area contributed by atoms with E-state index in [1.165, 1.54) is 16.7 Å². The van der Waals surface area contributed by atoms with Crippen LogP contribution in [0.2, 0.25) is 10.0 Å². The molecule has 0 spiro atoms. The second-order valence-electron chi connectivity index (χ2n) is 6.08. The molecule has 1 N–H and O–H groups in total. The van der Waals surface area contributed by atoms with Crippen molar-refractivity contribution in [3.05, 3.63) is 93.0 Å². The fourth-order valence-corrected chi connectivity index (χ4v) is 3.20. The standard InChI is InChI=1S/C21H19Cl2N/c1-14-5-3-7-16(9-14)11-17-12-20(23)21(13-19(17)22)24-18-8-4-6-15(2)10-18/h3-10,12-13,24H,11H2,1-2H3. The van der Waals surface area contributed by atoms with Gasteiger partial charge >= 0.3 is 0 Å². The number of hydrogen-bond acceptors (Lipinski definition) is 1. The molecule has 3 aromatic rings. The topological polar surface area (TPSA) is 12.0 Å². The third-order valence-electron chi connectivity index (χ3n) is 3.91. The molecule has 0 heterocycles. The van der Waals surface area contributed by atoms with E-state index >= 15 is 0 Å². The van der Waals surface area contributed by atoms with Crippen LogP contribution in [0, 0.1) is 13.8 Å². The van der Waals surface area contributed by atoms with E-state index in [9.17, 15) is 0 Å². The van der Waals surface area contributed by atoms with Gasteiger partial charge in [-0.05, 0) is 61.2 Å². The van der Waals surface area contributed by atoms with Crippen molar-refractivity contribution in [2.75, 3.05) is 5.32 Å². The molecule has 0 fully saturated rings. The van der Waals surface area contributed by atoms with Gasteiger partial charge in [0.05, 0.1) is 10.7 Å². The molecule has 0 radical (unpaired) electrons. The lowest BCUT2D eigenvalue weighted by Gasteiger charge is -2.13. The lowest BCUT2D eigenvalue weighted by Crippen LogP contribution is -1.95. The zero-order chi connectivity index (χ0) is 17.1. The Morgan fingerprint density at radius 1 is 0.792 bits per heavy atom. The molecular formula is C21H19Cl2N. The Kier molecular flexibility index (Phi) is 5.13. The first kappa shape index (κ1) is 16.9. The van der Waals surface area contributed by atoms with E-state index in [1.807, 2.05) is 24.3 Å². The lowest BCUT2D eigenvalue weighted by molar-refractivity contribution is 1.18. The molecule has 0 amide bonds. The molecule has 1 nitrogen and oxygen atoms in total. The van der Waals surface area contributed by atoms with Gasteiger partial charge in [-0.2, -0.15) is 0 Å². The maximum absolute atomic E-state index is 6.49. The average Bonchev–Trinajstić information content (AvgIpc) is 2.52. The normalized spacial score (nSPS) is 10.7. The predicted molar refractivity (Wildman–Crippen MR) is 105 cm³/mol. The molecule has 0 aliphatic rings. The van der Waals surface area contributed by atoms with Gasteiger partial charge in [-0.3, -0.25) is 0 Å². The van der Waals surface area contributed by atoms with Crippen LogP contribution in [-0.4, -0.2) is 0 Å². The van der Waals surface area contributed by atoms with Crippen LogP contribution in [0.5, 0.6) is 0 Å². The van der Waals surface area contributed by atoms with Crippen LogP contribution in [-0.2, 0) is 6.42 Å². The molecule has 0 atom stereocenters. The molecule has 0 unspecified atom stereocenters. The van der Waals surface area contributed by atoms with Crippen LogP contribution in [0.25, 0.3) is 0 Å². The van der Waals surface area contributed by atoms with Gasteiger partial charge < -0.3 is 5.32 Å². The van der Waals surface area contributed by atoms with Crippen molar-refractivity contribution in [2.24, 2.45) is 0 Å². The van der Waals surface area contributed by atoms with Gasteiger partial charge in [-0.25, -0.2) is 0 Å². The molecule has 0 bridgehead atoms. The highest BCUT2D eigenvalue weighted by atomic mass is 35.5. The molecule has 0 aliphatic heterocycles. The first-order valence-electron chi connectivity index (χ1n) is 7.88. The fraction of sp³-hybridized carbons (Fsp3) is 0.143. The van der Waals surface area contributed by atoms with Crippen molar-refractivity contribution in [1.82, 2.24) is 0 Å². The van der Waals surface area contributed by atoms with Crippen molar-refractivity contribution >= 4 is 34.6 Å². The minimum atomic E-state index is 0.670. The summed E-state index contributed by atoms with van der Waals surface area (Å²) in [5.74, 6) is 0. The predicted octanol–water partition coefficient (Wildman–Crippen LogP) is 6.94. The summed E-state index contributed by atoms with van der Waals surface area (Å²) in [6.07, 6.45) is 0.769. The van der Waals surface area contributed by atoms with E-state index in [4.69, 9.17) is 23.2 Å². The summed E-state index contributed by atoms with van der Waals surface area (Å²) in [6.45, 7) is 4.15. The zero-order valence-corrected chi connectivity index (χ0v) is 15.2. The summed E-state index contributed by atoms with van der Waals surface area (Å²) in [7, 11) is 0. The van der Waals surface area contributed by atoms with Gasteiger partial charge in [0.2, 0.25) is 0 Å². The third kappa shape index (κ3) is 4.11. The van der Waals surface area contributed by atoms with Crippen LogP contribution in [0.3, 0.4) is 0 Å². The molecule has 24 heavy (non-hydrogen) atoms. The zero-order valence-electron chi connectivity index (χ0n) is 13.7. The van der Waals surface area contributed by atoms with Gasteiger partial charge in [0.15, 0.2) is 0 Å². The van der Waals surface area contributed by atoms with Crippen LogP contribution in [0.15, 0.2) is 60.7 Å². The van der Waals surface area contributed by atoms with Crippen LogP contribution >= 0.6 is 23.2 Å². The van der Waals surface area contributed by atoms with Gasteiger partial charge in [0.1, 0.15) is 0 Å². The highest BCUT2D eigenvalue weighted by Gasteiger charge is 2.09. The summed E-state index contributed by atoms with van der Waals surface area (Å²) in [5.41, 5.74) is 6.51. The molecule has 122 valence electrons. The number of nitrogens with one attached hydrogen (secondary N) is 1. The monoisotopic (exact) mass is 355 g/mol. The summed E-state index contributed by atoms with van der Waals surface area (Å²) in [5, 5.41) is 4.73. The number of rotatable bonds is 4. The lowest BCUT2D eigenvalue weighted by atomic mass is 10.0. The van der Waals surface area contributed by atoms with E-state index in [-0.39, 0.29) is 0 Å². The summed E-state index contributed by atoms with van der Waals surface area (Å²) in [6, 6.07) is 20.4. The van der Waals surface area contributed by atoms with Crippen molar-refractivity contribution in [3.8, 4) is 0 Å². The van der Waals surface area contributed by atoms with Crippen LogP contribution < -0.4 is 5.32 Å². The van der Waals surface area contributed by atoms with Gasteiger partial charge in [0, 0.05) is 10.7 Å². The van der Waals surface area contributed by atoms with E-state index in [0.717, 1.165) is 28.4 Å². The Balaban J connectivity index is 1.85. The van der Waals surface area contributed by atoms with Crippen molar-refractivity contribution in [3.63, 3.8) is 0 Å². The number of aryl methyl sites for hydroxylation is 2. The second-order valence-corrected chi connectivity index (χ2v) is 6.90. The molecule has 0 aliphatic carbocycles. The van der Waals surface area contributed by atoms with Crippen LogP contribution in [0.1, 0.15) is 22.3 Å². The number of hydrogen-bond donors (Lipinski definition) is 1. The third-order valence-corrected chi connectivity index (χ3v) is 4.57. The van der Waals surface area contributed by atoms with Crippen molar-refractivity contribution < 1.29 is 0 Å². The number of benzene rings is 3. The molecule has 3 heteroatoms. The van der Waals surface area contributed by atoms with Gasteiger partial charge in [0.25, 0.3) is 0 Å². The molecule has 0 saturated carbocycles. The highest BCUT2D eigenvalue weighted by molar-refractivity contribution is 6.36. The Hall–Kier alpha value is -1.96. The fourth-order valence-electron chi connectivity index (χ4n) is 2.74. The van der Waals surface area contributed by atoms with Crippen molar-refractivity contribution in [1.29, 1.82) is 0 Å². The number of anilines is 2. The first-order chi connectivity index (χ1) is 11.5. The SMILES string of the molecule is Cc1cccc(Cc2cc(Cl)c(Nc3cccc(C)c3)cc2Cl)c1. The molecule has 3 aromatic carbocycles. The average molecular weight is 356 g/mol. The molecular weight excluding hydrogens is 337 g/mol. The maximum Gasteiger partial charge on any atom is 0.0644 e. The smallest absolute Gasteiger partial charge is 0.0644 e. The Labute approximate surface area is 153 Å². The van der Waals surface area contributed by atoms with E-state index < -0.39 is 0 Å². The van der Waals surface area contributed by atoms with E-state index in [0.29, 0.717) is 5.02 Å². The van der Waals surface area contributed by atoms with E-state index in [2.05, 4.69) is 55.6 Å². The summed E-state index contributed by atoms with van der Waals surface area (Å²) in [4.78, 5) is 0. The first-order valence-corrected chi connectivity index (χ1v) is 8.64. The Morgan fingerprint density at radius 3 is 2.21 bits per heavy atom. The van der Waals surface area contributed by atoms with E-state index in [1.54, 1.807) is 0 Å². The largest absolute Gasteiger partial charge is 0.354 e. The summed E-state index contributed by atoms with van der Waals surface area (Å²) >= 11 is 13.0. The van der Waals surface area contributed by atoms with Gasteiger partial charge in [-0.1, -0.05) is 65.2 Å². The molecule has 3 rings (SSSR count).